The molecule has 0 spiro atoms. The first-order valence-electron chi connectivity index (χ1n) is 5.35. The van der Waals surface area contributed by atoms with Gasteiger partial charge in [-0.05, 0) is 17.7 Å². The maximum Gasteiger partial charge on any atom is 0.330 e. The number of benzene rings is 1. The number of hydrogen-bond acceptors (Lipinski definition) is 3. The molecule has 18 heavy (non-hydrogen) atoms. The summed E-state index contributed by atoms with van der Waals surface area (Å²) in [5.74, 6) is -2.13. The molecule has 1 amide bonds. The van der Waals surface area contributed by atoms with Crippen molar-refractivity contribution in [3.8, 4) is 0 Å². The average molecular weight is 271 g/mol. The quantitative estimate of drug-likeness (QED) is 0.713. The minimum absolute atomic E-state index is 0.321. The maximum atomic E-state index is 12.8. The summed E-state index contributed by atoms with van der Waals surface area (Å²) in [5.41, 5.74) is 0.323. The Morgan fingerprint density at radius 2 is 1.94 bits per heavy atom. The van der Waals surface area contributed by atoms with E-state index in [4.69, 9.17) is 5.11 Å². The molecule has 4 nitrogen and oxygen atoms in total. The largest absolute Gasteiger partial charge is 0.479 e. The van der Waals surface area contributed by atoms with Crippen molar-refractivity contribution in [3.63, 3.8) is 0 Å². The van der Waals surface area contributed by atoms with Crippen molar-refractivity contribution in [2.24, 2.45) is 5.92 Å². The Morgan fingerprint density at radius 3 is 2.39 bits per heavy atom. The van der Waals surface area contributed by atoms with E-state index >= 15 is 0 Å². The van der Waals surface area contributed by atoms with Gasteiger partial charge in [-0.2, -0.15) is 12.6 Å². The molecule has 0 saturated heterocycles. The first-order chi connectivity index (χ1) is 8.45. The predicted molar refractivity (Wildman–Crippen MR) is 67.9 cm³/mol. The Morgan fingerprint density at radius 1 is 1.39 bits per heavy atom. The van der Waals surface area contributed by atoms with Crippen molar-refractivity contribution >= 4 is 24.5 Å². The lowest BCUT2D eigenvalue weighted by Crippen LogP contribution is -2.37. The maximum absolute atomic E-state index is 12.8. The fraction of sp³-hybridized carbons (Fsp3) is 0.333. The van der Waals surface area contributed by atoms with E-state index in [1.165, 1.54) is 12.1 Å². The van der Waals surface area contributed by atoms with E-state index in [-0.39, 0.29) is 0 Å². The van der Waals surface area contributed by atoms with Crippen LogP contribution in [0.5, 0.6) is 0 Å². The highest BCUT2D eigenvalue weighted by Gasteiger charge is 2.24. The lowest BCUT2D eigenvalue weighted by molar-refractivity contribution is -0.142. The second kappa shape index (κ2) is 6.39. The van der Waals surface area contributed by atoms with Crippen LogP contribution in [0.2, 0.25) is 0 Å². The second-order valence-corrected chi connectivity index (χ2v) is 4.28. The van der Waals surface area contributed by atoms with E-state index in [0.717, 1.165) is 12.1 Å². The summed E-state index contributed by atoms with van der Waals surface area (Å²) >= 11 is 3.97. The van der Waals surface area contributed by atoms with Crippen molar-refractivity contribution in [3.05, 3.63) is 35.6 Å². The number of halogens is 1. The van der Waals surface area contributed by atoms with E-state index in [1.807, 2.05) is 0 Å². The van der Waals surface area contributed by atoms with E-state index in [1.54, 1.807) is 6.92 Å². The number of carboxylic acid groups (broad SMARTS) is 1. The Bertz CT molecular complexity index is 435. The first kappa shape index (κ1) is 14.5. The summed E-state index contributed by atoms with van der Waals surface area (Å²) in [6.45, 7) is 1.64. The van der Waals surface area contributed by atoms with Crippen LogP contribution in [-0.4, -0.2) is 22.7 Å². The molecule has 1 aromatic carbocycles. The number of carbonyl (C=O) groups is 2. The molecule has 1 rings (SSSR count). The number of carboxylic acids is 1. The Kier molecular flexibility index (Phi) is 5.15. The van der Waals surface area contributed by atoms with Crippen molar-refractivity contribution in [1.82, 2.24) is 5.32 Å². The number of amides is 1. The number of hydrogen-bond donors (Lipinski definition) is 3. The molecule has 0 fully saturated rings. The third-order valence-corrected chi connectivity index (χ3v) is 3.01. The molecule has 0 heterocycles. The van der Waals surface area contributed by atoms with Gasteiger partial charge in [0.1, 0.15) is 5.82 Å². The van der Waals surface area contributed by atoms with Gasteiger partial charge < -0.3 is 10.4 Å². The Hall–Kier alpha value is -1.56. The molecule has 2 N–H and O–H groups in total. The second-order valence-electron chi connectivity index (χ2n) is 3.92. The van der Waals surface area contributed by atoms with Gasteiger partial charge in [-0.25, -0.2) is 9.18 Å². The lowest BCUT2D eigenvalue weighted by Gasteiger charge is -2.17. The summed E-state index contributed by atoms with van der Waals surface area (Å²) in [7, 11) is 0. The molecule has 0 aromatic heterocycles. The molecule has 1 aromatic rings. The molecule has 0 aliphatic heterocycles. The number of thiol groups is 1. The van der Waals surface area contributed by atoms with E-state index in [9.17, 15) is 14.0 Å². The van der Waals surface area contributed by atoms with Gasteiger partial charge in [0.05, 0.1) is 0 Å². The van der Waals surface area contributed by atoms with Gasteiger partial charge in [0.2, 0.25) is 5.91 Å². The van der Waals surface area contributed by atoms with E-state index < -0.39 is 29.7 Å². The van der Waals surface area contributed by atoms with Crippen molar-refractivity contribution < 1.29 is 19.1 Å². The zero-order chi connectivity index (χ0) is 13.7. The third-order valence-electron chi connectivity index (χ3n) is 2.46. The monoisotopic (exact) mass is 271 g/mol. The standard InChI is InChI=1S/C12H14FNO3S/c1-7(6-18)11(15)14-10(12(16)17)8-2-4-9(13)5-3-8/h2-5,7,10,18H,6H2,1H3,(H,14,15)(H,16,17)/t7-,10+/m1/s1. The van der Waals surface area contributed by atoms with Gasteiger partial charge in [-0.1, -0.05) is 19.1 Å². The molecule has 0 aliphatic carbocycles. The summed E-state index contributed by atoms with van der Waals surface area (Å²) in [5, 5.41) is 11.5. The van der Waals surface area contributed by atoms with Crippen LogP contribution in [0, 0.1) is 11.7 Å². The summed E-state index contributed by atoms with van der Waals surface area (Å²) in [6, 6.07) is 3.79. The fourth-order valence-corrected chi connectivity index (χ4v) is 1.48. The van der Waals surface area contributed by atoms with Crippen molar-refractivity contribution in [2.45, 2.75) is 13.0 Å². The SMILES string of the molecule is C[C@H](CS)C(=O)N[C@H](C(=O)O)c1ccc(F)cc1. The van der Waals surface area contributed by atoms with Crippen LogP contribution in [0.1, 0.15) is 18.5 Å². The normalized spacial score (nSPS) is 13.7. The summed E-state index contributed by atoms with van der Waals surface area (Å²) < 4.78 is 12.8. The molecule has 0 aliphatic rings. The predicted octanol–water partition coefficient (Wildman–Crippen LogP) is 1.63. The van der Waals surface area contributed by atoms with Crippen molar-refractivity contribution in [2.75, 3.05) is 5.75 Å². The van der Waals surface area contributed by atoms with Gasteiger partial charge in [0.25, 0.3) is 0 Å². The summed E-state index contributed by atoms with van der Waals surface area (Å²) in [4.78, 5) is 22.7. The van der Waals surface area contributed by atoms with Crippen LogP contribution in [0.25, 0.3) is 0 Å². The van der Waals surface area contributed by atoms with Crippen LogP contribution in [0.4, 0.5) is 4.39 Å². The van der Waals surface area contributed by atoms with Gasteiger partial charge in [-0.3, -0.25) is 4.79 Å². The molecule has 0 unspecified atom stereocenters. The van der Waals surface area contributed by atoms with E-state index in [0.29, 0.717) is 11.3 Å². The highest BCUT2D eigenvalue weighted by molar-refractivity contribution is 7.80. The number of aliphatic carboxylic acids is 1. The number of carbonyl (C=O) groups excluding carboxylic acids is 1. The van der Waals surface area contributed by atoms with Crippen LogP contribution in [0.3, 0.4) is 0 Å². The highest BCUT2D eigenvalue weighted by Crippen LogP contribution is 2.15. The van der Waals surface area contributed by atoms with Crippen LogP contribution < -0.4 is 5.32 Å². The average Bonchev–Trinajstić information content (AvgIpc) is 2.35. The van der Waals surface area contributed by atoms with Crippen LogP contribution in [-0.2, 0) is 9.59 Å². The van der Waals surface area contributed by atoms with Gasteiger partial charge in [0.15, 0.2) is 6.04 Å². The molecule has 0 saturated carbocycles. The van der Waals surface area contributed by atoms with E-state index in [2.05, 4.69) is 17.9 Å². The first-order valence-corrected chi connectivity index (χ1v) is 5.98. The van der Waals surface area contributed by atoms with Crippen LogP contribution in [0.15, 0.2) is 24.3 Å². The lowest BCUT2D eigenvalue weighted by atomic mass is 10.1. The topological polar surface area (TPSA) is 66.4 Å². The molecule has 0 radical (unpaired) electrons. The molecule has 98 valence electrons. The number of nitrogens with one attached hydrogen (secondary N) is 1. The molecule has 2 atom stereocenters. The molecule has 6 heteroatoms. The smallest absolute Gasteiger partial charge is 0.330 e. The highest BCUT2D eigenvalue weighted by atomic mass is 32.1. The minimum atomic E-state index is -1.19. The Labute approximate surface area is 110 Å². The summed E-state index contributed by atoms with van der Waals surface area (Å²) in [6.07, 6.45) is 0. The zero-order valence-electron chi connectivity index (χ0n) is 9.76. The third kappa shape index (κ3) is 3.73. The zero-order valence-corrected chi connectivity index (χ0v) is 10.7. The van der Waals surface area contributed by atoms with Crippen molar-refractivity contribution in [1.29, 1.82) is 0 Å². The molecule has 0 bridgehead atoms. The molecular weight excluding hydrogens is 257 g/mol. The van der Waals surface area contributed by atoms with Gasteiger partial charge >= 0.3 is 5.97 Å². The molecular formula is C12H14FNO3S. The fourth-order valence-electron chi connectivity index (χ4n) is 1.31. The van der Waals surface area contributed by atoms with Gasteiger partial charge in [0, 0.05) is 11.7 Å². The Balaban J connectivity index is 2.87. The van der Waals surface area contributed by atoms with Crippen LogP contribution >= 0.6 is 12.6 Å². The minimum Gasteiger partial charge on any atom is -0.479 e. The number of rotatable bonds is 5. The van der Waals surface area contributed by atoms with Gasteiger partial charge in [-0.15, -0.1) is 0 Å².